The van der Waals surface area contributed by atoms with Crippen molar-refractivity contribution in [3.63, 3.8) is 0 Å². The zero-order chi connectivity index (χ0) is 15.6. The summed E-state index contributed by atoms with van der Waals surface area (Å²) in [6.45, 7) is 1.65. The van der Waals surface area contributed by atoms with E-state index in [0.717, 1.165) is 18.2 Å². The maximum absolute atomic E-state index is 13.2. The number of nitrogens with zero attached hydrogens (tertiary/aromatic N) is 1. The van der Waals surface area contributed by atoms with Crippen LogP contribution in [-0.4, -0.2) is 15.8 Å². The number of non-ortho nitro benzene ring substituents is 1. The number of nitrogens with one attached hydrogen (secondary N) is 2. The Kier molecular flexibility index (Phi) is 3.79. The lowest BCUT2D eigenvalue weighted by molar-refractivity contribution is -0.385. The van der Waals surface area contributed by atoms with Crippen molar-refractivity contribution in [3.8, 4) is 0 Å². The fraction of sp³-hybridized carbons (Fsp3) is 0.0769. The molecular weight excluding hydrogens is 281 g/mol. The Bertz CT molecular complexity index is 785. The van der Waals surface area contributed by atoms with Crippen molar-refractivity contribution < 1.29 is 14.1 Å². The number of aromatic amines is 1. The molecule has 0 unspecified atom stereocenters. The van der Waals surface area contributed by atoms with E-state index in [2.05, 4.69) is 10.3 Å². The van der Waals surface area contributed by atoms with Crippen LogP contribution in [0.25, 0.3) is 0 Å². The summed E-state index contributed by atoms with van der Waals surface area (Å²) >= 11 is 0. The van der Waals surface area contributed by atoms with E-state index in [1.54, 1.807) is 6.92 Å². The third-order valence-electron chi connectivity index (χ3n) is 2.65. The number of amides is 1. The van der Waals surface area contributed by atoms with Crippen LogP contribution in [0.15, 0.2) is 35.3 Å². The molecule has 0 radical (unpaired) electrons. The van der Waals surface area contributed by atoms with Gasteiger partial charge in [-0.15, -0.1) is 0 Å². The van der Waals surface area contributed by atoms with Crippen molar-refractivity contribution in [2.45, 2.75) is 6.92 Å². The van der Waals surface area contributed by atoms with Crippen LogP contribution in [0.4, 0.5) is 15.8 Å². The minimum atomic E-state index is -0.864. The number of hydrogen-bond donors (Lipinski definition) is 2. The molecule has 1 heterocycles. The van der Waals surface area contributed by atoms with Crippen molar-refractivity contribution in [2.75, 3.05) is 5.32 Å². The van der Waals surface area contributed by atoms with E-state index >= 15 is 0 Å². The molecule has 0 spiro atoms. The third-order valence-corrected chi connectivity index (χ3v) is 2.65. The Morgan fingerprint density at radius 1 is 1.33 bits per heavy atom. The van der Waals surface area contributed by atoms with Crippen LogP contribution in [-0.2, 0) is 0 Å². The predicted molar refractivity (Wildman–Crippen MR) is 72.8 cm³/mol. The second-order valence-electron chi connectivity index (χ2n) is 4.30. The van der Waals surface area contributed by atoms with Crippen LogP contribution in [0.1, 0.15) is 16.1 Å². The third kappa shape index (κ3) is 3.30. The maximum Gasteiger partial charge on any atom is 0.274 e. The number of H-pyrrole nitrogens is 1. The van der Waals surface area contributed by atoms with Crippen LogP contribution in [0.5, 0.6) is 0 Å². The lowest BCUT2D eigenvalue weighted by Crippen LogP contribution is -2.21. The standard InChI is InChI=1S/C13H10FN3O4/c1-7-2-12(18)11(6-15-7)13(19)16-9-3-8(14)4-10(5-9)17(20)21/h2-6H,1H3,(H,15,18)(H,16,19). The fourth-order valence-electron chi connectivity index (χ4n) is 1.70. The van der Waals surface area contributed by atoms with Gasteiger partial charge in [0, 0.05) is 24.0 Å². The molecule has 108 valence electrons. The van der Waals surface area contributed by atoms with Gasteiger partial charge in [-0.05, 0) is 13.0 Å². The van der Waals surface area contributed by atoms with Crippen molar-refractivity contribution in [2.24, 2.45) is 0 Å². The Hall–Kier alpha value is -3.03. The smallest absolute Gasteiger partial charge is 0.274 e. The SMILES string of the molecule is Cc1cc(=O)c(C(=O)Nc2cc(F)cc([N+](=O)[O-])c2)c[nH]1. The zero-order valence-electron chi connectivity index (χ0n) is 10.8. The number of aromatic nitrogens is 1. The summed E-state index contributed by atoms with van der Waals surface area (Å²) in [4.78, 5) is 36.1. The van der Waals surface area contributed by atoms with Gasteiger partial charge in [-0.3, -0.25) is 19.7 Å². The predicted octanol–water partition coefficient (Wildman–Crippen LogP) is 1.98. The molecule has 0 saturated carbocycles. The van der Waals surface area contributed by atoms with Crippen molar-refractivity contribution in [3.05, 3.63) is 67.9 Å². The first kappa shape index (κ1) is 14.4. The fourth-order valence-corrected chi connectivity index (χ4v) is 1.70. The highest BCUT2D eigenvalue weighted by molar-refractivity contribution is 6.04. The molecule has 0 bridgehead atoms. The molecule has 7 nitrogen and oxygen atoms in total. The van der Waals surface area contributed by atoms with E-state index < -0.39 is 27.8 Å². The molecule has 1 aromatic heterocycles. The second kappa shape index (κ2) is 5.53. The molecule has 2 aromatic rings. The van der Waals surface area contributed by atoms with Crippen molar-refractivity contribution in [1.29, 1.82) is 0 Å². The van der Waals surface area contributed by atoms with Crippen LogP contribution in [0, 0.1) is 22.9 Å². The topological polar surface area (TPSA) is 105 Å². The summed E-state index contributed by atoms with van der Waals surface area (Å²) in [5.74, 6) is -1.64. The molecular formula is C13H10FN3O4. The van der Waals surface area contributed by atoms with E-state index in [4.69, 9.17) is 0 Å². The molecule has 0 aliphatic carbocycles. The number of anilines is 1. The molecule has 2 N–H and O–H groups in total. The van der Waals surface area contributed by atoms with Gasteiger partial charge in [-0.25, -0.2) is 4.39 Å². The molecule has 0 aliphatic rings. The van der Waals surface area contributed by atoms with Crippen LogP contribution >= 0.6 is 0 Å². The lowest BCUT2D eigenvalue weighted by Gasteiger charge is -2.05. The Balaban J connectivity index is 2.31. The van der Waals surface area contributed by atoms with Gasteiger partial charge < -0.3 is 10.3 Å². The molecule has 0 fully saturated rings. The highest BCUT2D eigenvalue weighted by Crippen LogP contribution is 2.20. The number of carbonyl (C=O) groups is 1. The van der Waals surface area contributed by atoms with Crippen molar-refractivity contribution in [1.82, 2.24) is 4.98 Å². The van der Waals surface area contributed by atoms with Gasteiger partial charge in [0.25, 0.3) is 11.6 Å². The average Bonchev–Trinajstić information content (AvgIpc) is 2.37. The maximum atomic E-state index is 13.2. The summed E-state index contributed by atoms with van der Waals surface area (Å²) in [5, 5.41) is 12.9. The minimum Gasteiger partial charge on any atom is -0.364 e. The summed E-state index contributed by atoms with van der Waals surface area (Å²) in [6, 6.07) is 3.90. The van der Waals surface area contributed by atoms with Gasteiger partial charge in [0.15, 0.2) is 5.43 Å². The number of rotatable bonds is 3. The molecule has 21 heavy (non-hydrogen) atoms. The highest BCUT2D eigenvalue weighted by Gasteiger charge is 2.14. The zero-order valence-corrected chi connectivity index (χ0v) is 10.8. The van der Waals surface area contributed by atoms with E-state index in [1.165, 1.54) is 12.3 Å². The summed E-state index contributed by atoms with van der Waals surface area (Å²) < 4.78 is 13.2. The normalized spacial score (nSPS) is 10.2. The molecule has 1 amide bonds. The van der Waals surface area contributed by atoms with E-state index in [0.29, 0.717) is 5.69 Å². The Morgan fingerprint density at radius 2 is 2.05 bits per heavy atom. The molecule has 2 rings (SSSR count). The van der Waals surface area contributed by atoms with Crippen LogP contribution < -0.4 is 10.7 Å². The second-order valence-corrected chi connectivity index (χ2v) is 4.30. The minimum absolute atomic E-state index is 0.105. The first-order valence-electron chi connectivity index (χ1n) is 5.82. The molecule has 1 aromatic carbocycles. The number of nitro benzene ring substituents is 1. The number of hydrogen-bond acceptors (Lipinski definition) is 4. The molecule has 0 atom stereocenters. The average molecular weight is 291 g/mol. The number of halogens is 1. The first-order valence-corrected chi connectivity index (χ1v) is 5.82. The van der Waals surface area contributed by atoms with Crippen LogP contribution in [0.2, 0.25) is 0 Å². The van der Waals surface area contributed by atoms with Gasteiger partial charge in [-0.2, -0.15) is 0 Å². The van der Waals surface area contributed by atoms with E-state index in [9.17, 15) is 24.1 Å². The molecule has 0 aliphatic heterocycles. The summed E-state index contributed by atoms with van der Waals surface area (Å²) in [6.07, 6.45) is 1.22. The van der Waals surface area contributed by atoms with E-state index in [-0.39, 0.29) is 11.3 Å². The largest absolute Gasteiger partial charge is 0.364 e. The molecule has 0 saturated heterocycles. The summed E-state index contributed by atoms with van der Waals surface area (Å²) in [7, 11) is 0. The van der Waals surface area contributed by atoms with Gasteiger partial charge in [0.05, 0.1) is 16.7 Å². The highest BCUT2D eigenvalue weighted by atomic mass is 19.1. The number of pyridine rings is 1. The Morgan fingerprint density at radius 3 is 2.67 bits per heavy atom. The van der Waals surface area contributed by atoms with Gasteiger partial charge in [0.1, 0.15) is 11.4 Å². The van der Waals surface area contributed by atoms with Gasteiger partial charge in [0.2, 0.25) is 0 Å². The number of nitro groups is 1. The number of aryl methyl sites for hydroxylation is 1. The Labute approximate surface area is 117 Å². The first-order chi connectivity index (χ1) is 9.86. The quantitative estimate of drug-likeness (QED) is 0.666. The molecule has 8 heteroatoms. The summed E-state index contributed by atoms with van der Waals surface area (Å²) in [5.41, 5.74) is -0.699. The van der Waals surface area contributed by atoms with Gasteiger partial charge in [-0.1, -0.05) is 0 Å². The monoisotopic (exact) mass is 291 g/mol. The van der Waals surface area contributed by atoms with E-state index in [1.807, 2.05) is 0 Å². The van der Waals surface area contributed by atoms with Crippen LogP contribution in [0.3, 0.4) is 0 Å². The lowest BCUT2D eigenvalue weighted by atomic mass is 10.2. The number of benzene rings is 1. The number of carbonyl (C=O) groups excluding carboxylic acids is 1. The van der Waals surface area contributed by atoms with Crippen molar-refractivity contribution >= 4 is 17.3 Å². The van der Waals surface area contributed by atoms with Gasteiger partial charge >= 0.3 is 0 Å².